The number of cyclic esters (lactones) is 1. The maximum atomic E-state index is 13.2. The van der Waals surface area contributed by atoms with E-state index in [1.54, 1.807) is 12.1 Å². The van der Waals surface area contributed by atoms with Gasteiger partial charge in [-0.3, -0.25) is 9.59 Å². The number of rotatable bonds is 7. The van der Waals surface area contributed by atoms with E-state index < -0.39 is 24.2 Å². The summed E-state index contributed by atoms with van der Waals surface area (Å²) in [6.45, 7) is 1.42. The lowest BCUT2D eigenvalue weighted by Crippen LogP contribution is -2.34. The van der Waals surface area contributed by atoms with Crippen LogP contribution in [0.15, 0.2) is 54.6 Å². The monoisotopic (exact) mass is 399 g/mol. The molecule has 0 N–H and O–H groups in total. The molecule has 152 valence electrons. The molecule has 2 aromatic rings. The molecule has 7 heteroatoms. The van der Waals surface area contributed by atoms with E-state index in [2.05, 4.69) is 0 Å². The summed E-state index contributed by atoms with van der Waals surface area (Å²) in [5.41, 5.74) is 1.48. The molecule has 2 aromatic carbocycles. The number of carbonyl (C=O) groups is 3. The van der Waals surface area contributed by atoms with E-state index in [0.717, 1.165) is 10.5 Å². The smallest absolute Gasteiger partial charge is 0.417 e. The zero-order valence-electron chi connectivity index (χ0n) is 16.0. The van der Waals surface area contributed by atoms with Gasteiger partial charge in [-0.1, -0.05) is 42.5 Å². The first-order chi connectivity index (χ1) is 14.0. The summed E-state index contributed by atoms with van der Waals surface area (Å²) in [4.78, 5) is 37.3. The molecule has 1 saturated heterocycles. The summed E-state index contributed by atoms with van der Waals surface area (Å²) >= 11 is 0. The van der Waals surface area contributed by atoms with Crippen LogP contribution in [0.3, 0.4) is 0 Å². The van der Waals surface area contributed by atoms with Gasteiger partial charge in [0.05, 0.1) is 0 Å². The predicted octanol–water partition coefficient (Wildman–Crippen LogP) is 4.32. The molecule has 6 nitrogen and oxygen atoms in total. The van der Waals surface area contributed by atoms with E-state index in [-0.39, 0.29) is 24.8 Å². The molecule has 3 rings (SSSR count). The Morgan fingerprint density at radius 1 is 1.17 bits per heavy atom. The zero-order valence-corrected chi connectivity index (χ0v) is 16.0. The van der Waals surface area contributed by atoms with Gasteiger partial charge in [0.2, 0.25) is 5.91 Å². The van der Waals surface area contributed by atoms with Gasteiger partial charge in [0.1, 0.15) is 24.6 Å². The Kier molecular flexibility index (Phi) is 6.59. The third-order valence-corrected chi connectivity index (χ3v) is 4.73. The van der Waals surface area contributed by atoms with Crippen molar-refractivity contribution < 1.29 is 28.2 Å². The maximum Gasteiger partial charge on any atom is 0.417 e. The van der Waals surface area contributed by atoms with Crippen LogP contribution in [0.25, 0.3) is 0 Å². The summed E-state index contributed by atoms with van der Waals surface area (Å²) in [7, 11) is 0. The average Bonchev–Trinajstić information content (AvgIpc) is 3.09. The van der Waals surface area contributed by atoms with Crippen molar-refractivity contribution in [1.29, 1.82) is 0 Å². The lowest BCUT2D eigenvalue weighted by atomic mass is 10.0. The van der Waals surface area contributed by atoms with Crippen LogP contribution in [0, 0.1) is 5.82 Å². The molecule has 0 aromatic heterocycles. The third-order valence-electron chi connectivity index (χ3n) is 4.73. The van der Waals surface area contributed by atoms with Crippen molar-refractivity contribution >= 4 is 18.0 Å². The van der Waals surface area contributed by atoms with Crippen molar-refractivity contribution in [3.05, 3.63) is 71.5 Å². The number of imide groups is 1. The van der Waals surface area contributed by atoms with Crippen molar-refractivity contribution in [2.24, 2.45) is 0 Å². The molecular formula is C22H22FNO5. The van der Waals surface area contributed by atoms with Gasteiger partial charge in [-0.05, 0) is 36.1 Å². The van der Waals surface area contributed by atoms with Crippen LogP contribution in [0.1, 0.15) is 49.5 Å². The Morgan fingerprint density at radius 3 is 2.52 bits per heavy atom. The molecule has 1 aliphatic rings. The lowest BCUT2D eigenvalue weighted by Gasteiger charge is -2.21. The Balaban J connectivity index is 1.62. The van der Waals surface area contributed by atoms with Gasteiger partial charge in [0, 0.05) is 13.3 Å². The van der Waals surface area contributed by atoms with Crippen LogP contribution in [0.2, 0.25) is 0 Å². The number of nitrogens with zero attached hydrogens (tertiary/aromatic N) is 1. The van der Waals surface area contributed by atoms with Gasteiger partial charge in [-0.15, -0.1) is 0 Å². The minimum absolute atomic E-state index is 0.0946. The lowest BCUT2D eigenvalue weighted by molar-refractivity contribution is -0.147. The maximum absolute atomic E-state index is 13.2. The van der Waals surface area contributed by atoms with Crippen LogP contribution in [0.4, 0.5) is 9.18 Å². The molecule has 2 amide bonds. The number of hydrogen-bond acceptors (Lipinski definition) is 5. The molecule has 0 saturated carbocycles. The standard InChI is InChI=1S/C22H22FNO5/c1-15(25)29-20(17-10-12-18(23)13-11-17)8-5-9-21(26)24-19(14-28-22(24)27)16-6-3-2-4-7-16/h2-4,6-7,10-13,19-20H,5,8-9,14H2,1H3/t19-,20-/m1/s1. The van der Waals surface area contributed by atoms with Gasteiger partial charge in [0.25, 0.3) is 0 Å². The van der Waals surface area contributed by atoms with Crippen molar-refractivity contribution in [1.82, 2.24) is 4.90 Å². The number of benzene rings is 2. The van der Waals surface area contributed by atoms with Crippen LogP contribution in [-0.4, -0.2) is 29.5 Å². The molecule has 1 heterocycles. The molecule has 0 spiro atoms. The van der Waals surface area contributed by atoms with Crippen molar-refractivity contribution in [3.63, 3.8) is 0 Å². The molecule has 1 fully saturated rings. The number of halogens is 1. The second-order valence-electron chi connectivity index (χ2n) is 6.81. The first-order valence-electron chi connectivity index (χ1n) is 9.42. The average molecular weight is 399 g/mol. The van der Waals surface area contributed by atoms with Crippen LogP contribution in [0.5, 0.6) is 0 Å². The molecule has 0 bridgehead atoms. The number of carbonyl (C=O) groups excluding carboxylic acids is 3. The Hall–Kier alpha value is -3.22. The van der Waals surface area contributed by atoms with Crippen LogP contribution in [-0.2, 0) is 19.1 Å². The van der Waals surface area contributed by atoms with Gasteiger partial charge in [-0.25, -0.2) is 14.1 Å². The molecule has 1 aliphatic heterocycles. The number of amides is 2. The summed E-state index contributed by atoms with van der Waals surface area (Å²) < 4.78 is 23.5. The Labute approximate surface area is 168 Å². The van der Waals surface area contributed by atoms with Gasteiger partial charge in [0.15, 0.2) is 0 Å². The highest BCUT2D eigenvalue weighted by Crippen LogP contribution is 2.30. The zero-order chi connectivity index (χ0) is 20.8. The second-order valence-corrected chi connectivity index (χ2v) is 6.81. The predicted molar refractivity (Wildman–Crippen MR) is 102 cm³/mol. The molecule has 0 aliphatic carbocycles. The van der Waals surface area contributed by atoms with Crippen molar-refractivity contribution in [2.45, 2.75) is 38.3 Å². The second kappa shape index (κ2) is 9.32. The summed E-state index contributed by atoms with van der Waals surface area (Å²) in [5, 5.41) is 0. The first kappa shape index (κ1) is 20.5. The minimum atomic E-state index is -0.654. The molecule has 0 radical (unpaired) electrons. The number of hydrogen-bond donors (Lipinski definition) is 0. The Morgan fingerprint density at radius 2 is 1.86 bits per heavy atom. The van der Waals surface area contributed by atoms with Gasteiger partial charge >= 0.3 is 12.1 Å². The van der Waals surface area contributed by atoms with E-state index in [4.69, 9.17) is 9.47 Å². The highest BCUT2D eigenvalue weighted by Gasteiger charge is 2.38. The Bertz CT molecular complexity index is 869. The molecule has 29 heavy (non-hydrogen) atoms. The largest absolute Gasteiger partial charge is 0.458 e. The highest BCUT2D eigenvalue weighted by atomic mass is 19.1. The fourth-order valence-corrected chi connectivity index (χ4v) is 3.35. The molecular weight excluding hydrogens is 377 g/mol. The summed E-state index contributed by atoms with van der Waals surface area (Å²) in [6.07, 6.45) is -0.387. The van der Waals surface area contributed by atoms with E-state index in [0.29, 0.717) is 18.4 Å². The number of ether oxygens (including phenoxy) is 2. The van der Waals surface area contributed by atoms with E-state index in [1.165, 1.54) is 19.1 Å². The van der Waals surface area contributed by atoms with Crippen molar-refractivity contribution in [2.75, 3.05) is 6.61 Å². The number of esters is 1. The summed E-state index contributed by atoms with van der Waals surface area (Å²) in [5.74, 6) is -1.19. The molecule has 2 atom stereocenters. The van der Waals surface area contributed by atoms with Crippen LogP contribution < -0.4 is 0 Å². The van der Waals surface area contributed by atoms with Crippen LogP contribution >= 0.6 is 0 Å². The van der Waals surface area contributed by atoms with E-state index in [1.807, 2.05) is 30.3 Å². The van der Waals surface area contributed by atoms with E-state index in [9.17, 15) is 18.8 Å². The van der Waals surface area contributed by atoms with Gasteiger partial charge < -0.3 is 9.47 Å². The fourth-order valence-electron chi connectivity index (χ4n) is 3.35. The quantitative estimate of drug-likeness (QED) is 0.649. The molecule has 0 unspecified atom stereocenters. The van der Waals surface area contributed by atoms with E-state index >= 15 is 0 Å². The van der Waals surface area contributed by atoms with Gasteiger partial charge in [-0.2, -0.15) is 0 Å². The fraction of sp³-hybridized carbons (Fsp3) is 0.318. The first-order valence-corrected chi connectivity index (χ1v) is 9.42. The topological polar surface area (TPSA) is 72.9 Å². The summed E-state index contributed by atoms with van der Waals surface area (Å²) in [6, 6.07) is 14.5. The minimum Gasteiger partial charge on any atom is -0.458 e. The SMILES string of the molecule is CC(=O)O[C@H](CCCC(=O)N1C(=O)OC[C@@H]1c1ccccc1)c1ccc(F)cc1. The normalized spacial score (nSPS) is 17.0. The highest BCUT2D eigenvalue weighted by molar-refractivity contribution is 5.93. The van der Waals surface area contributed by atoms with Crippen molar-refractivity contribution in [3.8, 4) is 0 Å². The third kappa shape index (κ3) is 5.19.